The fourth-order valence-electron chi connectivity index (χ4n) is 2.70. The molecule has 1 amide bonds. The average Bonchev–Trinajstić information content (AvgIpc) is 3.06. The number of aryl methyl sites for hydroxylation is 1. The highest BCUT2D eigenvalue weighted by atomic mass is 16.4. The third kappa shape index (κ3) is 4.59. The lowest BCUT2D eigenvalue weighted by atomic mass is 9.85. The van der Waals surface area contributed by atoms with Crippen LogP contribution in [0.1, 0.15) is 50.2 Å². The summed E-state index contributed by atoms with van der Waals surface area (Å²) in [4.78, 5) is 22.8. The van der Waals surface area contributed by atoms with Gasteiger partial charge in [0.15, 0.2) is 0 Å². The van der Waals surface area contributed by atoms with Gasteiger partial charge in [0.05, 0.1) is 6.42 Å². The first-order chi connectivity index (χ1) is 9.77. The van der Waals surface area contributed by atoms with Gasteiger partial charge in [0, 0.05) is 18.4 Å². The molecule has 114 valence electrons. The van der Waals surface area contributed by atoms with Gasteiger partial charge in [-0.2, -0.15) is 0 Å². The van der Waals surface area contributed by atoms with Crippen LogP contribution in [0.25, 0.3) is 0 Å². The molecular weight excluding hydrogens is 266 g/mol. The lowest BCUT2D eigenvalue weighted by Gasteiger charge is -2.21. The minimum Gasteiger partial charge on any atom is -0.481 e. The lowest BCUT2D eigenvalue weighted by molar-refractivity contribution is -0.139. The molecule has 4 heteroatoms. The molecule has 2 atom stereocenters. The second kappa shape index (κ2) is 5.88. The van der Waals surface area contributed by atoms with Crippen LogP contribution in [0.4, 0.5) is 0 Å². The van der Waals surface area contributed by atoms with Crippen molar-refractivity contribution in [2.75, 3.05) is 0 Å². The van der Waals surface area contributed by atoms with Crippen LogP contribution in [-0.2, 0) is 9.59 Å². The topological polar surface area (TPSA) is 66.4 Å². The van der Waals surface area contributed by atoms with Crippen molar-refractivity contribution in [1.29, 1.82) is 0 Å². The first-order valence-corrected chi connectivity index (χ1v) is 7.34. The van der Waals surface area contributed by atoms with Gasteiger partial charge in [-0.15, -0.1) is 0 Å². The van der Waals surface area contributed by atoms with E-state index in [0.717, 1.165) is 6.42 Å². The van der Waals surface area contributed by atoms with Crippen LogP contribution in [0.3, 0.4) is 0 Å². The van der Waals surface area contributed by atoms with E-state index < -0.39 is 11.4 Å². The number of hydrogen-bond acceptors (Lipinski definition) is 2. The average molecular weight is 289 g/mol. The zero-order valence-electron chi connectivity index (χ0n) is 12.8. The van der Waals surface area contributed by atoms with E-state index in [9.17, 15) is 9.59 Å². The van der Waals surface area contributed by atoms with Crippen molar-refractivity contribution in [2.24, 2.45) is 5.41 Å². The standard InChI is InChI=1S/C17H23NO3/c1-11-4-6-12(7-5-11)13-8-14(13)18-15(19)9-17(2,3)10-16(20)21/h4-7,13-14H,8-10H2,1-3H3,(H,18,19)(H,20,21)/t13-,14+/m0/s1. The highest BCUT2D eigenvalue weighted by Gasteiger charge is 2.40. The Kier molecular flexibility index (Phi) is 4.35. The molecule has 2 rings (SSSR count). The normalized spacial score (nSPS) is 20.9. The molecule has 2 N–H and O–H groups in total. The molecule has 4 nitrogen and oxygen atoms in total. The van der Waals surface area contributed by atoms with Gasteiger partial charge >= 0.3 is 5.97 Å². The van der Waals surface area contributed by atoms with Gasteiger partial charge in [-0.1, -0.05) is 43.7 Å². The summed E-state index contributed by atoms with van der Waals surface area (Å²) in [5.41, 5.74) is 1.98. The molecule has 1 aromatic carbocycles. The smallest absolute Gasteiger partial charge is 0.303 e. The second-order valence-corrected chi connectivity index (χ2v) is 6.84. The maximum atomic E-state index is 12.0. The number of hydrogen-bond donors (Lipinski definition) is 2. The number of carbonyl (C=O) groups is 2. The van der Waals surface area contributed by atoms with Gasteiger partial charge in [-0.3, -0.25) is 9.59 Å². The van der Waals surface area contributed by atoms with Crippen molar-refractivity contribution < 1.29 is 14.7 Å². The minimum absolute atomic E-state index is 0.00643. The van der Waals surface area contributed by atoms with Crippen molar-refractivity contribution in [3.05, 3.63) is 35.4 Å². The predicted molar refractivity (Wildman–Crippen MR) is 81.1 cm³/mol. The summed E-state index contributed by atoms with van der Waals surface area (Å²) in [5, 5.41) is 11.9. The number of carboxylic acid groups (broad SMARTS) is 1. The molecule has 0 aromatic heterocycles. The zero-order valence-corrected chi connectivity index (χ0v) is 12.8. The molecule has 1 aromatic rings. The largest absolute Gasteiger partial charge is 0.481 e. The Balaban J connectivity index is 1.83. The third-order valence-electron chi connectivity index (χ3n) is 3.91. The van der Waals surface area contributed by atoms with E-state index in [-0.39, 0.29) is 24.8 Å². The molecule has 1 aliphatic rings. The molecule has 0 aliphatic heterocycles. The summed E-state index contributed by atoms with van der Waals surface area (Å²) < 4.78 is 0. The van der Waals surface area contributed by atoms with Crippen molar-refractivity contribution in [2.45, 2.75) is 52.0 Å². The number of benzene rings is 1. The van der Waals surface area contributed by atoms with Crippen LogP contribution in [0, 0.1) is 12.3 Å². The van der Waals surface area contributed by atoms with E-state index >= 15 is 0 Å². The quantitative estimate of drug-likeness (QED) is 0.846. The van der Waals surface area contributed by atoms with Crippen molar-refractivity contribution in [1.82, 2.24) is 5.32 Å². The maximum Gasteiger partial charge on any atom is 0.303 e. The fraction of sp³-hybridized carbons (Fsp3) is 0.529. The zero-order chi connectivity index (χ0) is 15.6. The number of carboxylic acids is 1. The summed E-state index contributed by atoms with van der Waals surface area (Å²) >= 11 is 0. The fourth-order valence-corrected chi connectivity index (χ4v) is 2.70. The summed E-state index contributed by atoms with van der Waals surface area (Å²) in [7, 11) is 0. The lowest BCUT2D eigenvalue weighted by Crippen LogP contribution is -2.32. The van der Waals surface area contributed by atoms with Gasteiger partial charge in [-0.05, 0) is 24.3 Å². The maximum absolute atomic E-state index is 12.0. The van der Waals surface area contributed by atoms with Crippen molar-refractivity contribution >= 4 is 11.9 Å². The SMILES string of the molecule is Cc1ccc([C@@H]2C[C@H]2NC(=O)CC(C)(C)CC(=O)O)cc1. The van der Waals surface area contributed by atoms with Crippen LogP contribution >= 0.6 is 0 Å². The van der Waals surface area contributed by atoms with Crippen LogP contribution < -0.4 is 5.32 Å². The van der Waals surface area contributed by atoms with Gasteiger partial charge in [0.25, 0.3) is 0 Å². The summed E-state index contributed by atoms with van der Waals surface area (Å²) in [6.07, 6.45) is 1.22. The monoisotopic (exact) mass is 289 g/mol. The van der Waals surface area contributed by atoms with E-state index in [0.29, 0.717) is 5.92 Å². The Morgan fingerprint density at radius 3 is 2.43 bits per heavy atom. The van der Waals surface area contributed by atoms with Crippen molar-refractivity contribution in [3.8, 4) is 0 Å². The number of aliphatic carboxylic acids is 1. The van der Waals surface area contributed by atoms with Crippen LogP contribution in [-0.4, -0.2) is 23.0 Å². The number of nitrogens with one attached hydrogen (secondary N) is 1. The van der Waals surface area contributed by atoms with E-state index in [1.54, 1.807) is 0 Å². The Morgan fingerprint density at radius 2 is 1.86 bits per heavy atom. The summed E-state index contributed by atoms with van der Waals surface area (Å²) in [5.74, 6) is -0.519. The van der Waals surface area contributed by atoms with E-state index in [4.69, 9.17) is 5.11 Å². The van der Waals surface area contributed by atoms with Gasteiger partial charge in [0.2, 0.25) is 5.91 Å². The Hall–Kier alpha value is -1.84. The summed E-state index contributed by atoms with van der Waals surface area (Å²) in [6, 6.07) is 8.59. The van der Waals surface area contributed by atoms with Crippen LogP contribution in [0.15, 0.2) is 24.3 Å². The molecule has 0 radical (unpaired) electrons. The Labute approximate surface area is 125 Å². The van der Waals surface area contributed by atoms with Crippen LogP contribution in [0.2, 0.25) is 0 Å². The molecule has 0 heterocycles. The van der Waals surface area contributed by atoms with Gasteiger partial charge in [-0.25, -0.2) is 0 Å². The molecule has 0 unspecified atom stereocenters. The van der Waals surface area contributed by atoms with Crippen LogP contribution in [0.5, 0.6) is 0 Å². The first-order valence-electron chi connectivity index (χ1n) is 7.34. The third-order valence-corrected chi connectivity index (χ3v) is 3.91. The Morgan fingerprint density at radius 1 is 1.24 bits per heavy atom. The summed E-state index contributed by atoms with van der Waals surface area (Å²) in [6.45, 7) is 5.68. The minimum atomic E-state index is -0.864. The predicted octanol–water partition coefficient (Wildman–Crippen LogP) is 2.86. The molecule has 1 fully saturated rings. The highest BCUT2D eigenvalue weighted by Crippen LogP contribution is 2.41. The number of carbonyl (C=O) groups excluding carboxylic acids is 1. The number of amides is 1. The van der Waals surface area contributed by atoms with E-state index in [1.165, 1.54) is 11.1 Å². The van der Waals surface area contributed by atoms with E-state index in [2.05, 4.69) is 36.5 Å². The molecule has 0 saturated heterocycles. The molecule has 0 spiro atoms. The highest BCUT2D eigenvalue weighted by molar-refractivity contribution is 5.78. The van der Waals surface area contributed by atoms with Crippen molar-refractivity contribution in [3.63, 3.8) is 0 Å². The second-order valence-electron chi connectivity index (χ2n) is 6.84. The molecule has 21 heavy (non-hydrogen) atoms. The van der Waals surface area contributed by atoms with Gasteiger partial charge in [0.1, 0.15) is 0 Å². The molecule has 0 bridgehead atoms. The number of rotatable bonds is 6. The first kappa shape index (κ1) is 15.5. The molecule has 1 saturated carbocycles. The Bertz CT molecular complexity index is 533. The van der Waals surface area contributed by atoms with Gasteiger partial charge < -0.3 is 10.4 Å². The molecule has 1 aliphatic carbocycles. The molecular formula is C17H23NO3. The van der Waals surface area contributed by atoms with E-state index in [1.807, 2.05) is 13.8 Å².